The summed E-state index contributed by atoms with van der Waals surface area (Å²) >= 11 is 3.69. The van der Waals surface area contributed by atoms with Gasteiger partial charge >= 0.3 is 0 Å². The Kier molecular flexibility index (Phi) is 4.10. The molecule has 0 aliphatic heterocycles. The minimum absolute atomic E-state index is 0.111. The van der Waals surface area contributed by atoms with Crippen molar-refractivity contribution in [2.45, 2.75) is 33.6 Å². The maximum atomic E-state index is 13.7. The zero-order valence-corrected chi connectivity index (χ0v) is 13.3. The summed E-state index contributed by atoms with van der Waals surface area (Å²) in [5.74, 6) is 0.344. The predicted molar refractivity (Wildman–Crippen MR) is 83.1 cm³/mol. The van der Waals surface area contributed by atoms with E-state index >= 15 is 0 Å². The van der Waals surface area contributed by atoms with Crippen LogP contribution in [0.15, 0.2) is 34.8 Å². The zero-order valence-electron chi connectivity index (χ0n) is 11.7. The van der Waals surface area contributed by atoms with Crippen LogP contribution in [0.5, 0.6) is 0 Å². The number of benzene rings is 2. The van der Waals surface area contributed by atoms with Crippen LogP contribution in [0.2, 0.25) is 0 Å². The van der Waals surface area contributed by atoms with Crippen LogP contribution in [0, 0.1) is 19.7 Å². The molecule has 0 aliphatic rings. The third-order valence-electron chi connectivity index (χ3n) is 3.40. The van der Waals surface area contributed by atoms with E-state index < -0.39 is 0 Å². The average Bonchev–Trinajstić information content (AvgIpc) is 2.35. The normalized spacial score (nSPS) is 11.1. The Morgan fingerprint density at radius 3 is 2.16 bits per heavy atom. The molecule has 100 valence electrons. The number of hydrogen-bond donors (Lipinski definition) is 0. The maximum absolute atomic E-state index is 13.7. The van der Waals surface area contributed by atoms with Gasteiger partial charge in [-0.05, 0) is 75.6 Å². The van der Waals surface area contributed by atoms with Crippen LogP contribution in [0.4, 0.5) is 4.39 Å². The van der Waals surface area contributed by atoms with Crippen molar-refractivity contribution in [2.24, 2.45) is 0 Å². The Labute approximate surface area is 122 Å². The van der Waals surface area contributed by atoms with Gasteiger partial charge in [0.25, 0.3) is 0 Å². The molecular weight excluding hydrogens is 303 g/mol. The Hall–Kier alpha value is -1.15. The summed E-state index contributed by atoms with van der Waals surface area (Å²) in [5, 5.41) is 0. The first-order chi connectivity index (χ1) is 8.91. The first-order valence-corrected chi connectivity index (χ1v) is 7.26. The molecule has 0 heterocycles. The SMILES string of the molecule is Cc1cc(-c2cccc(C(C)C)c2Br)cc(C)c1F. The van der Waals surface area contributed by atoms with E-state index in [1.165, 1.54) is 5.56 Å². The van der Waals surface area contributed by atoms with Crippen molar-refractivity contribution in [1.82, 2.24) is 0 Å². The van der Waals surface area contributed by atoms with Crippen molar-refractivity contribution in [3.05, 3.63) is 57.3 Å². The average molecular weight is 321 g/mol. The van der Waals surface area contributed by atoms with Crippen LogP contribution in [0.1, 0.15) is 36.5 Å². The summed E-state index contributed by atoms with van der Waals surface area (Å²) in [6, 6.07) is 10.1. The molecular formula is C17H18BrF. The van der Waals surface area contributed by atoms with Crippen LogP contribution >= 0.6 is 15.9 Å². The third kappa shape index (κ3) is 2.74. The minimum Gasteiger partial charge on any atom is -0.206 e. The summed E-state index contributed by atoms with van der Waals surface area (Å²) in [5.41, 5.74) is 4.84. The molecule has 2 rings (SSSR count). The second kappa shape index (κ2) is 5.46. The molecule has 2 heteroatoms. The van der Waals surface area contributed by atoms with Crippen molar-refractivity contribution in [3.8, 4) is 11.1 Å². The highest BCUT2D eigenvalue weighted by atomic mass is 79.9. The lowest BCUT2D eigenvalue weighted by molar-refractivity contribution is 0.609. The fourth-order valence-electron chi connectivity index (χ4n) is 2.32. The molecule has 0 atom stereocenters. The highest BCUT2D eigenvalue weighted by molar-refractivity contribution is 9.10. The van der Waals surface area contributed by atoms with E-state index in [0.29, 0.717) is 17.0 Å². The molecule has 0 fully saturated rings. The Balaban J connectivity index is 2.63. The monoisotopic (exact) mass is 320 g/mol. The topological polar surface area (TPSA) is 0 Å². The van der Waals surface area contributed by atoms with Crippen molar-refractivity contribution in [1.29, 1.82) is 0 Å². The highest BCUT2D eigenvalue weighted by Crippen LogP contribution is 2.35. The van der Waals surface area contributed by atoms with Crippen molar-refractivity contribution < 1.29 is 4.39 Å². The van der Waals surface area contributed by atoms with Crippen LogP contribution < -0.4 is 0 Å². The number of hydrogen-bond acceptors (Lipinski definition) is 0. The summed E-state index contributed by atoms with van der Waals surface area (Å²) in [7, 11) is 0. The molecule has 19 heavy (non-hydrogen) atoms. The van der Waals surface area contributed by atoms with Gasteiger partial charge < -0.3 is 0 Å². The lowest BCUT2D eigenvalue weighted by Gasteiger charge is -2.14. The smallest absolute Gasteiger partial charge is 0.129 e. The fraction of sp³-hybridized carbons (Fsp3) is 0.294. The predicted octanol–water partition coefficient (Wildman–Crippen LogP) is 6.00. The molecule has 0 spiro atoms. The molecule has 2 aromatic rings. The van der Waals surface area contributed by atoms with Gasteiger partial charge in [0.15, 0.2) is 0 Å². The van der Waals surface area contributed by atoms with Gasteiger partial charge in [0, 0.05) is 4.47 Å². The molecule has 2 aromatic carbocycles. The van der Waals surface area contributed by atoms with Gasteiger partial charge in [0.1, 0.15) is 5.82 Å². The van der Waals surface area contributed by atoms with Crippen LogP contribution in [-0.4, -0.2) is 0 Å². The summed E-state index contributed by atoms with van der Waals surface area (Å²) in [6.45, 7) is 7.97. The highest BCUT2D eigenvalue weighted by Gasteiger charge is 2.12. The van der Waals surface area contributed by atoms with Gasteiger partial charge in [-0.1, -0.05) is 32.0 Å². The van der Waals surface area contributed by atoms with E-state index in [1.54, 1.807) is 0 Å². The summed E-state index contributed by atoms with van der Waals surface area (Å²) < 4.78 is 14.8. The first-order valence-electron chi connectivity index (χ1n) is 6.47. The van der Waals surface area contributed by atoms with Crippen molar-refractivity contribution in [2.75, 3.05) is 0 Å². The van der Waals surface area contributed by atoms with Crippen molar-refractivity contribution in [3.63, 3.8) is 0 Å². The molecule has 0 N–H and O–H groups in total. The van der Waals surface area contributed by atoms with Gasteiger partial charge in [-0.2, -0.15) is 0 Å². The largest absolute Gasteiger partial charge is 0.206 e. The quantitative estimate of drug-likeness (QED) is 0.637. The standard InChI is InChI=1S/C17H18BrF/c1-10(2)14-6-5-7-15(16(14)18)13-8-11(3)17(19)12(4)9-13/h5-10H,1-4H3. The Morgan fingerprint density at radius 1 is 1.05 bits per heavy atom. The van der Waals surface area contributed by atoms with Crippen LogP contribution in [0.3, 0.4) is 0 Å². The second-order valence-corrected chi connectivity index (χ2v) is 6.08. The molecule has 0 amide bonds. The van der Waals surface area contributed by atoms with Crippen LogP contribution in [-0.2, 0) is 0 Å². The second-order valence-electron chi connectivity index (χ2n) is 5.29. The van der Waals surface area contributed by atoms with E-state index in [0.717, 1.165) is 15.6 Å². The first kappa shape index (κ1) is 14.3. The maximum Gasteiger partial charge on any atom is 0.129 e. The van der Waals surface area contributed by atoms with E-state index in [9.17, 15) is 4.39 Å². The van der Waals surface area contributed by atoms with Gasteiger partial charge in [-0.15, -0.1) is 0 Å². The molecule has 0 saturated heterocycles. The fourth-order valence-corrected chi connectivity index (χ4v) is 3.27. The van der Waals surface area contributed by atoms with Crippen LogP contribution in [0.25, 0.3) is 11.1 Å². The zero-order chi connectivity index (χ0) is 14.2. The number of halogens is 2. The molecule has 0 aromatic heterocycles. The van der Waals surface area contributed by atoms with E-state index in [2.05, 4.69) is 48.0 Å². The number of aryl methyl sites for hydroxylation is 2. The van der Waals surface area contributed by atoms with E-state index in [-0.39, 0.29) is 5.82 Å². The Morgan fingerprint density at radius 2 is 1.63 bits per heavy atom. The van der Waals surface area contributed by atoms with E-state index in [1.807, 2.05) is 26.0 Å². The molecule has 0 nitrogen and oxygen atoms in total. The third-order valence-corrected chi connectivity index (χ3v) is 4.28. The molecule has 0 aliphatic carbocycles. The lowest BCUT2D eigenvalue weighted by atomic mass is 9.95. The lowest BCUT2D eigenvalue weighted by Crippen LogP contribution is -1.94. The van der Waals surface area contributed by atoms with Gasteiger partial charge in [0.2, 0.25) is 0 Å². The number of rotatable bonds is 2. The molecule has 0 radical (unpaired) electrons. The minimum atomic E-state index is -0.111. The molecule has 0 bridgehead atoms. The molecule has 0 unspecified atom stereocenters. The van der Waals surface area contributed by atoms with Gasteiger partial charge in [-0.25, -0.2) is 4.39 Å². The van der Waals surface area contributed by atoms with Gasteiger partial charge in [0.05, 0.1) is 0 Å². The Bertz CT molecular complexity index is 592. The molecule has 0 saturated carbocycles. The summed E-state index contributed by atoms with van der Waals surface area (Å²) in [6.07, 6.45) is 0. The van der Waals surface area contributed by atoms with Gasteiger partial charge in [-0.3, -0.25) is 0 Å². The van der Waals surface area contributed by atoms with E-state index in [4.69, 9.17) is 0 Å². The summed E-state index contributed by atoms with van der Waals surface area (Å²) in [4.78, 5) is 0. The van der Waals surface area contributed by atoms with Crippen molar-refractivity contribution >= 4 is 15.9 Å².